The molecule has 0 heterocycles. The number of hydrogen-bond donors (Lipinski definition) is 0. The summed E-state index contributed by atoms with van der Waals surface area (Å²) in [5, 5.41) is 8.92. The molecule has 1 rings (SSSR count). The maximum absolute atomic E-state index is 11.9. The van der Waals surface area contributed by atoms with Gasteiger partial charge >= 0.3 is 5.97 Å². The first-order valence-corrected chi connectivity index (χ1v) is 6.51. The summed E-state index contributed by atoms with van der Waals surface area (Å²) in [5.74, 6) is -0.126. The minimum absolute atomic E-state index is 0.145. The maximum Gasteiger partial charge on any atom is 0.305 e. The molecule has 6 heteroatoms. The summed E-state index contributed by atoms with van der Waals surface area (Å²) in [6.07, 6.45) is 0.802. The Morgan fingerprint density at radius 2 is 2.05 bits per heavy atom. The van der Waals surface area contributed by atoms with E-state index in [1.807, 2.05) is 6.07 Å². The summed E-state index contributed by atoms with van der Waals surface area (Å²) in [6, 6.07) is 8.73. The molecular weight excluding hydrogens is 272 g/mol. The van der Waals surface area contributed by atoms with Crippen molar-refractivity contribution in [3.63, 3.8) is 0 Å². The number of ether oxygens (including phenoxy) is 2. The molecule has 0 unspecified atom stereocenters. The highest BCUT2D eigenvalue weighted by Gasteiger charge is 2.11. The van der Waals surface area contributed by atoms with Gasteiger partial charge in [-0.3, -0.25) is 9.59 Å². The maximum atomic E-state index is 11.9. The number of nitrogens with zero attached hydrogens (tertiary/aromatic N) is 2. The molecule has 0 fully saturated rings. The Labute approximate surface area is 123 Å². The number of methoxy groups -OCH3 is 1. The molecule has 1 amide bonds. The highest BCUT2D eigenvalue weighted by molar-refractivity contribution is 5.77. The number of esters is 1. The average molecular weight is 290 g/mol. The number of carbonyl (C=O) groups excluding carboxylic acids is 2. The van der Waals surface area contributed by atoms with E-state index in [1.54, 1.807) is 31.3 Å². The first-order chi connectivity index (χ1) is 10.1. The van der Waals surface area contributed by atoms with Gasteiger partial charge in [-0.2, -0.15) is 5.26 Å². The lowest BCUT2D eigenvalue weighted by Gasteiger charge is -2.17. The molecule has 112 valence electrons. The van der Waals surface area contributed by atoms with Gasteiger partial charge in [-0.05, 0) is 18.6 Å². The molecule has 0 radical (unpaired) electrons. The van der Waals surface area contributed by atoms with Crippen LogP contribution in [-0.4, -0.2) is 44.1 Å². The van der Waals surface area contributed by atoms with Crippen molar-refractivity contribution in [2.24, 2.45) is 0 Å². The number of likely N-dealkylation sites (N-methyl/N-ethyl adjacent to an activating group) is 1. The Morgan fingerprint density at radius 1 is 1.33 bits per heavy atom. The van der Waals surface area contributed by atoms with Gasteiger partial charge in [0.1, 0.15) is 11.8 Å². The van der Waals surface area contributed by atoms with Gasteiger partial charge in [0.25, 0.3) is 5.91 Å². The quantitative estimate of drug-likeness (QED) is 0.708. The Kier molecular flexibility index (Phi) is 6.75. The second kappa shape index (κ2) is 8.59. The van der Waals surface area contributed by atoms with E-state index in [0.29, 0.717) is 24.3 Å². The number of benzene rings is 1. The third-order valence-corrected chi connectivity index (χ3v) is 2.89. The predicted molar refractivity (Wildman–Crippen MR) is 75.5 cm³/mol. The number of amides is 1. The molecule has 0 aliphatic heterocycles. The fourth-order valence-electron chi connectivity index (χ4n) is 1.62. The van der Waals surface area contributed by atoms with Crippen LogP contribution in [0.5, 0.6) is 5.75 Å². The van der Waals surface area contributed by atoms with Crippen LogP contribution >= 0.6 is 0 Å². The van der Waals surface area contributed by atoms with Crippen LogP contribution in [0, 0.1) is 11.3 Å². The summed E-state index contributed by atoms with van der Waals surface area (Å²) in [6.45, 7) is 0.296. The number of hydrogen-bond acceptors (Lipinski definition) is 5. The Morgan fingerprint density at radius 3 is 2.71 bits per heavy atom. The third-order valence-electron chi connectivity index (χ3n) is 2.89. The van der Waals surface area contributed by atoms with Crippen molar-refractivity contribution >= 4 is 11.9 Å². The first-order valence-electron chi connectivity index (χ1n) is 6.51. The Bertz CT molecular complexity index is 537. The van der Waals surface area contributed by atoms with Crippen LogP contribution in [0.25, 0.3) is 0 Å². The lowest BCUT2D eigenvalue weighted by atomic mass is 10.2. The lowest BCUT2D eigenvalue weighted by Crippen LogP contribution is -2.32. The highest BCUT2D eigenvalue weighted by Crippen LogP contribution is 2.16. The number of carbonyl (C=O) groups is 2. The van der Waals surface area contributed by atoms with Crippen molar-refractivity contribution in [3.8, 4) is 11.8 Å². The minimum atomic E-state index is -0.296. The normalized spacial score (nSPS) is 9.57. The third kappa shape index (κ3) is 5.53. The van der Waals surface area contributed by atoms with Gasteiger partial charge in [0, 0.05) is 20.0 Å². The predicted octanol–water partition coefficient (Wildman–Crippen LogP) is 1.35. The molecule has 21 heavy (non-hydrogen) atoms. The Balaban J connectivity index is 2.39. The Hall–Kier alpha value is -2.55. The second-order valence-electron chi connectivity index (χ2n) is 4.39. The summed E-state index contributed by atoms with van der Waals surface area (Å²) in [4.78, 5) is 24.3. The standard InChI is InChI=1S/C15H18N2O4/c1-17(9-5-8-15(19)20-2)14(18)11-21-13-7-4-3-6-12(13)10-16/h3-4,6-7H,5,8-9,11H2,1-2H3. The van der Waals surface area contributed by atoms with E-state index in [0.717, 1.165) is 0 Å². The molecule has 0 saturated carbocycles. The van der Waals surface area contributed by atoms with Crippen molar-refractivity contribution in [3.05, 3.63) is 29.8 Å². The molecule has 0 atom stereocenters. The SMILES string of the molecule is COC(=O)CCCN(C)C(=O)COc1ccccc1C#N. The van der Waals surface area contributed by atoms with Crippen LogP contribution in [0.4, 0.5) is 0 Å². The van der Waals surface area contributed by atoms with E-state index in [-0.39, 0.29) is 24.9 Å². The van der Waals surface area contributed by atoms with Gasteiger partial charge in [-0.25, -0.2) is 0 Å². The zero-order valence-electron chi connectivity index (χ0n) is 12.2. The number of nitriles is 1. The van der Waals surface area contributed by atoms with Crippen LogP contribution in [0.3, 0.4) is 0 Å². The minimum Gasteiger partial charge on any atom is -0.482 e. The van der Waals surface area contributed by atoms with Gasteiger partial charge in [-0.1, -0.05) is 12.1 Å². The van der Waals surface area contributed by atoms with Crippen molar-refractivity contribution in [1.29, 1.82) is 5.26 Å². The van der Waals surface area contributed by atoms with Gasteiger partial charge in [-0.15, -0.1) is 0 Å². The number of para-hydroxylation sites is 1. The fourth-order valence-corrected chi connectivity index (χ4v) is 1.62. The summed E-state index contributed by atoms with van der Waals surface area (Å²) < 4.78 is 9.88. The van der Waals surface area contributed by atoms with E-state index in [1.165, 1.54) is 12.0 Å². The zero-order chi connectivity index (χ0) is 15.7. The molecular formula is C15H18N2O4. The van der Waals surface area contributed by atoms with Crippen LogP contribution in [0.1, 0.15) is 18.4 Å². The van der Waals surface area contributed by atoms with Crippen molar-refractivity contribution in [1.82, 2.24) is 4.90 Å². The van der Waals surface area contributed by atoms with E-state index in [2.05, 4.69) is 4.74 Å². The smallest absolute Gasteiger partial charge is 0.305 e. The van der Waals surface area contributed by atoms with Crippen LogP contribution in [0.2, 0.25) is 0 Å². The van der Waals surface area contributed by atoms with Gasteiger partial charge in [0.05, 0.1) is 12.7 Å². The summed E-state index contributed by atoms with van der Waals surface area (Å²) in [5.41, 5.74) is 0.388. The first kappa shape index (κ1) is 16.5. The second-order valence-corrected chi connectivity index (χ2v) is 4.39. The van der Waals surface area contributed by atoms with Crippen molar-refractivity contribution in [2.45, 2.75) is 12.8 Å². The molecule has 0 bridgehead atoms. The monoisotopic (exact) mass is 290 g/mol. The molecule has 1 aromatic carbocycles. The fraction of sp³-hybridized carbons (Fsp3) is 0.400. The molecule has 0 N–H and O–H groups in total. The van der Waals surface area contributed by atoms with E-state index in [9.17, 15) is 9.59 Å². The van der Waals surface area contributed by atoms with Gasteiger partial charge in [0.15, 0.2) is 6.61 Å². The topological polar surface area (TPSA) is 79.6 Å². The molecule has 6 nitrogen and oxygen atoms in total. The summed E-state index contributed by atoms with van der Waals surface area (Å²) in [7, 11) is 2.97. The molecule has 0 aliphatic rings. The van der Waals surface area contributed by atoms with Crippen molar-refractivity contribution in [2.75, 3.05) is 27.3 Å². The molecule has 0 spiro atoms. The van der Waals surface area contributed by atoms with Crippen LogP contribution in [0.15, 0.2) is 24.3 Å². The average Bonchev–Trinajstić information content (AvgIpc) is 2.52. The lowest BCUT2D eigenvalue weighted by molar-refractivity contribution is -0.141. The van der Waals surface area contributed by atoms with E-state index >= 15 is 0 Å². The van der Waals surface area contributed by atoms with E-state index in [4.69, 9.17) is 10.00 Å². The van der Waals surface area contributed by atoms with Crippen molar-refractivity contribution < 1.29 is 19.1 Å². The summed E-state index contributed by atoms with van der Waals surface area (Å²) >= 11 is 0. The van der Waals surface area contributed by atoms with Crippen LogP contribution < -0.4 is 4.74 Å². The molecule has 0 aliphatic carbocycles. The highest BCUT2D eigenvalue weighted by atomic mass is 16.5. The van der Waals surface area contributed by atoms with Gasteiger partial charge < -0.3 is 14.4 Å². The van der Waals surface area contributed by atoms with Gasteiger partial charge in [0.2, 0.25) is 0 Å². The molecule has 1 aromatic rings. The van der Waals surface area contributed by atoms with E-state index < -0.39 is 0 Å². The number of rotatable bonds is 7. The largest absolute Gasteiger partial charge is 0.482 e. The molecule has 0 saturated heterocycles. The molecule has 0 aromatic heterocycles. The zero-order valence-corrected chi connectivity index (χ0v) is 12.2. The van der Waals surface area contributed by atoms with Crippen LogP contribution in [-0.2, 0) is 14.3 Å².